The number of carbonyl (C=O) groups is 1. The first-order valence-electron chi connectivity index (χ1n) is 6.08. The van der Waals surface area contributed by atoms with Crippen molar-refractivity contribution in [1.82, 2.24) is 14.8 Å². The summed E-state index contributed by atoms with van der Waals surface area (Å²) in [7, 11) is 0. The fraction of sp³-hybridized carbons (Fsp3) is 0.727. The highest BCUT2D eigenvalue weighted by Crippen LogP contribution is 2.31. The average molecular weight is 287 g/mol. The molecule has 1 aliphatic rings. The zero-order valence-corrected chi connectivity index (χ0v) is 12.0. The Balaban J connectivity index is 2.18. The highest BCUT2D eigenvalue weighted by molar-refractivity contribution is 7.99. The van der Waals surface area contributed by atoms with Crippen LogP contribution in [-0.2, 0) is 11.2 Å². The minimum absolute atomic E-state index is 0.0450. The molecule has 0 atom stereocenters. The van der Waals surface area contributed by atoms with Crippen molar-refractivity contribution in [2.75, 3.05) is 17.3 Å². The lowest BCUT2D eigenvalue weighted by atomic mass is 10.1. The summed E-state index contributed by atoms with van der Waals surface area (Å²) in [6, 6.07) is 0.437. The van der Waals surface area contributed by atoms with Crippen LogP contribution in [0, 0.1) is 0 Å². The molecule has 0 saturated carbocycles. The Morgan fingerprint density at radius 2 is 2.22 bits per heavy atom. The summed E-state index contributed by atoms with van der Waals surface area (Å²) in [4.78, 5) is 10.7. The quantitative estimate of drug-likeness (QED) is 0.836. The van der Waals surface area contributed by atoms with E-state index in [2.05, 4.69) is 21.7 Å². The normalized spacial score (nSPS) is 16.9. The number of carboxylic acids is 1. The number of hydrogen-bond acceptors (Lipinski definition) is 5. The van der Waals surface area contributed by atoms with E-state index < -0.39 is 5.97 Å². The number of aromatic nitrogens is 3. The van der Waals surface area contributed by atoms with Crippen LogP contribution in [-0.4, -0.2) is 43.1 Å². The molecule has 1 aromatic rings. The third-order valence-electron chi connectivity index (χ3n) is 2.93. The number of rotatable bonds is 5. The first kappa shape index (κ1) is 13.7. The fourth-order valence-electron chi connectivity index (χ4n) is 2.08. The van der Waals surface area contributed by atoms with Gasteiger partial charge in [0.2, 0.25) is 0 Å². The molecular weight excluding hydrogens is 270 g/mol. The molecule has 7 heteroatoms. The van der Waals surface area contributed by atoms with Crippen molar-refractivity contribution in [1.29, 1.82) is 0 Å². The Hall–Kier alpha value is -0.690. The minimum atomic E-state index is -0.813. The van der Waals surface area contributed by atoms with Crippen molar-refractivity contribution in [2.24, 2.45) is 0 Å². The molecule has 100 valence electrons. The molecular formula is C11H17N3O2S2. The Labute approximate surface area is 115 Å². The van der Waals surface area contributed by atoms with Crippen LogP contribution in [0.1, 0.15) is 31.6 Å². The van der Waals surface area contributed by atoms with Crippen LogP contribution in [0.2, 0.25) is 0 Å². The van der Waals surface area contributed by atoms with E-state index in [9.17, 15) is 4.79 Å². The van der Waals surface area contributed by atoms with E-state index >= 15 is 0 Å². The van der Waals surface area contributed by atoms with E-state index in [1.54, 1.807) is 0 Å². The van der Waals surface area contributed by atoms with E-state index in [1.165, 1.54) is 11.8 Å². The summed E-state index contributed by atoms with van der Waals surface area (Å²) in [5.41, 5.74) is 0. The van der Waals surface area contributed by atoms with Gasteiger partial charge in [-0.15, -0.1) is 10.2 Å². The molecule has 0 aliphatic carbocycles. The van der Waals surface area contributed by atoms with Gasteiger partial charge in [-0.05, 0) is 24.3 Å². The molecule has 0 spiro atoms. The lowest BCUT2D eigenvalue weighted by molar-refractivity contribution is -0.133. The van der Waals surface area contributed by atoms with Crippen LogP contribution in [0.25, 0.3) is 0 Å². The van der Waals surface area contributed by atoms with Gasteiger partial charge in [0.15, 0.2) is 5.16 Å². The largest absolute Gasteiger partial charge is 0.481 e. The molecule has 5 nitrogen and oxygen atoms in total. The zero-order valence-electron chi connectivity index (χ0n) is 10.3. The summed E-state index contributed by atoms with van der Waals surface area (Å²) in [5.74, 6) is 2.53. The van der Waals surface area contributed by atoms with E-state index in [4.69, 9.17) is 5.11 Å². The second-order valence-electron chi connectivity index (χ2n) is 4.15. The van der Waals surface area contributed by atoms with Crippen molar-refractivity contribution in [3.05, 3.63) is 5.82 Å². The Bertz CT molecular complexity index is 416. The predicted octanol–water partition coefficient (Wildman–Crippen LogP) is 2.09. The van der Waals surface area contributed by atoms with Gasteiger partial charge in [-0.25, -0.2) is 0 Å². The van der Waals surface area contributed by atoms with Gasteiger partial charge in [-0.2, -0.15) is 11.8 Å². The number of aryl methyl sites for hydroxylation is 1. The standard InChI is InChI=1S/C11H17N3O2S2/c1-2-9-12-13-11(18-7-10(15)16)14(9)8-3-5-17-6-4-8/h8H,2-7H2,1H3,(H,15,16). The van der Waals surface area contributed by atoms with E-state index in [0.29, 0.717) is 6.04 Å². The summed E-state index contributed by atoms with van der Waals surface area (Å²) in [5, 5.41) is 17.8. The van der Waals surface area contributed by atoms with E-state index in [0.717, 1.165) is 41.7 Å². The average Bonchev–Trinajstić information content (AvgIpc) is 2.80. The molecule has 0 aromatic carbocycles. The highest BCUT2D eigenvalue weighted by atomic mass is 32.2. The maximum atomic E-state index is 10.7. The molecule has 2 heterocycles. The Morgan fingerprint density at radius 3 is 2.83 bits per heavy atom. The molecule has 0 amide bonds. The lowest BCUT2D eigenvalue weighted by Crippen LogP contribution is -2.18. The van der Waals surface area contributed by atoms with Crippen molar-refractivity contribution in [3.63, 3.8) is 0 Å². The van der Waals surface area contributed by atoms with Crippen LogP contribution in [0.5, 0.6) is 0 Å². The van der Waals surface area contributed by atoms with Gasteiger partial charge in [-0.1, -0.05) is 18.7 Å². The van der Waals surface area contributed by atoms with Crippen molar-refractivity contribution in [3.8, 4) is 0 Å². The SMILES string of the molecule is CCc1nnc(SCC(=O)O)n1C1CCSCC1. The fourth-order valence-corrected chi connectivity index (χ4v) is 3.91. The van der Waals surface area contributed by atoms with Crippen LogP contribution < -0.4 is 0 Å². The number of nitrogens with zero attached hydrogens (tertiary/aromatic N) is 3. The van der Waals surface area contributed by atoms with Crippen molar-refractivity contribution < 1.29 is 9.90 Å². The number of aliphatic carboxylic acids is 1. The van der Waals surface area contributed by atoms with Crippen molar-refractivity contribution >= 4 is 29.5 Å². The first-order chi connectivity index (χ1) is 8.72. The molecule has 0 unspecified atom stereocenters. The van der Waals surface area contributed by atoms with Gasteiger partial charge in [0, 0.05) is 12.5 Å². The molecule has 0 radical (unpaired) electrons. The maximum Gasteiger partial charge on any atom is 0.313 e. The third-order valence-corrected chi connectivity index (χ3v) is 4.91. The zero-order chi connectivity index (χ0) is 13.0. The summed E-state index contributed by atoms with van der Waals surface area (Å²) >= 11 is 3.25. The molecule has 1 saturated heterocycles. The molecule has 1 fully saturated rings. The molecule has 0 bridgehead atoms. The summed E-state index contributed by atoms with van der Waals surface area (Å²) in [6.07, 6.45) is 3.08. The van der Waals surface area contributed by atoms with Gasteiger partial charge in [0.25, 0.3) is 0 Å². The number of hydrogen-bond donors (Lipinski definition) is 1. The Kier molecular flexibility index (Phi) is 4.94. The monoisotopic (exact) mass is 287 g/mol. The van der Waals surface area contributed by atoms with Crippen LogP contribution in [0.4, 0.5) is 0 Å². The molecule has 1 N–H and O–H groups in total. The highest BCUT2D eigenvalue weighted by Gasteiger charge is 2.22. The lowest BCUT2D eigenvalue weighted by Gasteiger charge is -2.25. The van der Waals surface area contributed by atoms with E-state index in [1.807, 2.05) is 11.8 Å². The van der Waals surface area contributed by atoms with E-state index in [-0.39, 0.29) is 5.75 Å². The van der Waals surface area contributed by atoms with Crippen molar-refractivity contribution in [2.45, 2.75) is 37.4 Å². The van der Waals surface area contributed by atoms with Crippen LogP contribution in [0.3, 0.4) is 0 Å². The molecule has 18 heavy (non-hydrogen) atoms. The van der Waals surface area contributed by atoms with Gasteiger partial charge in [-0.3, -0.25) is 4.79 Å². The van der Waals surface area contributed by atoms with Gasteiger partial charge < -0.3 is 9.67 Å². The van der Waals surface area contributed by atoms with Crippen LogP contribution in [0.15, 0.2) is 5.16 Å². The minimum Gasteiger partial charge on any atom is -0.481 e. The Morgan fingerprint density at radius 1 is 1.50 bits per heavy atom. The predicted molar refractivity (Wildman–Crippen MR) is 73.4 cm³/mol. The van der Waals surface area contributed by atoms with Gasteiger partial charge in [0.05, 0.1) is 5.75 Å². The first-order valence-corrected chi connectivity index (χ1v) is 8.22. The van der Waals surface area contributed by atoms with Crippen LogP contribution >= 0.6 is 23.5 Å². The molecule has 2 rings (SSSR count). The smallest absolute Gasteiger partial charge is 0.313 e. The topological polar surface area (TPSA) is 68.0 Å². The summed E-state index contributed by atoms with van der Waals surface area (Å²) in [6.45, 7) is 2.06. The number of carboxylic acid groups (broad SMARTS) is 1. The maximum absolute atomic E-state index is 10.7. The summed E-state index contributed by atoms with van der Waals surface area (Å²) < 4.78 is 2.16. The number of thioether (sulfide) groups is 2. The second-order valence-corrected chi connectivity index (χ2v) is 6.32. The molecule has 1 aromatic heterocycles. The molecule has 1 aliphatic heterocycles. The third kappa shape index (κ3) is 3.20. The second kappa shape index (κ2) is 6.47. The van der Waals surface area contributed by atoms with Gasteiger partial charge >= 0.3 is 5.97 Å². The van der Waals surface area contributed by atoms with Gasteiger partial charge in [0.1, 0.15) is 5.82 Å².